The molecule has 1 aromatic carbocycles. The number of anilines is 2. The summed E-state index contributed by atoms with van der Waals surface area (Å²) >= 11 is 0. The van der Waals surface area contributed by atoms with Crippen LogP contribution in [0.1, 0.15) is 36.4 Å². The van der Waals surface area contributed by atoms with E-state index in [-0.39, 0.29) is 34.7 Å². The summed E-state index contributed by atoms with van der Waals surface area (Å²) in [5.74, 6) is 0.632. The zero-order valence-corrected chi connectivity index (χ0v) is 16.6. The van der Waals surface area contributed by atoms with Gasteiger partial charge >= 0.3 is 0 Å². The van der Waals surface area contributed by atoms with Crippen molar-refractivity contribution in [2.45, 2.75) is 42.7 Å². The van der Waals surface area contributed by atoms with Crippen LogP contribution in [0.2, 0.25) is 0 Å². The molecule has 30 heavy (non-hydrogen) atoms. The van der Waals surface area contributed by atoms with Crippen molar-refractivity contribution in [2.75, 3.05) is 5.32 Å². The maximum absolute atomic E-state index is 14.7. The first-order valence-corrected chi connectivity index (χ1v) is 11.1. The third-order valence-electron chi connectivity index (χ3n) is 5.45. The first kappa shape index (κ1) is 18.9. The highest BCUT2D eigenvalue weighted by atomic mass is 32.2. The summed E-state index contributed by atoms with van der Waals surface area (Å²) in [6.45, 7) is -0.0555. The molecule has 5 rings (SSSR count). The summed E-state index contributed by atoms with van der Waals surface area (Å²) in [5.41, 5.74) is 1.25. The lowest BCUT2D eigenvalue weighted by Gasteiger charge is -2.12. The summed E-state index contributed by atoms with van der Waals surface area (Å²) in [5, 5.41) is 17.9. The Morgan fingerprint density at radius 1 is 1.23 bits per heavy atom. The summed E-state index contributed by atoms with van der Waals surface area (Å²) in [6, 6.07) is 8.22. The number of aromatic amines is 1. The Kier molecular flexibility index (Phi) is 4.63. The van der Waals surface area contributed by atoms with E-state index in [0.717, 1.165) is 25.0 Å². The number of hydrogen-bond acceptors (Lipinski definition) is 7. The van der Waals surface area contributed by atoms with Crippen molar-refractivity contribution >= 4 is 21.5 Å². The van der Waals surface area contributed by atoms with Gasteiger partial charge in [0, 0.05) is 42.0 Å². The zero-order valence-electron chi connectivity index (χ0n) is 15.8. The van der Waals surface area contributed by atoms with Gasteiger partial charge in [0.25, 0.3) is 0 Å². The summed E-state index contributed by atoms with van der Waals surface area (Å²) < 4.78 is 46.6. The van der Waals surface area contributed by atoms with Crippen molar-refractivity contribution < 1.29 is 17.5 Å². The van der Waals surface area contributed by atoms with Gasteiger partial charge in [0.05, 0.1) is 10.6 Å². The third-order valence-corrected chi connectivity index (χ3v) is 6.93. The summed E-state index contributed by atoms with van der Waals surface area (Å²) in [7, 11) is -3.61. The van der Waals surface area contributed by atoms with Gasteiger partial charge in [-0.15, -0.1) is 5.10 Å². The van der Waals surface area contributed by atoms with Crippen LogP contribution in [0.15, 0.2) is 41.4 Å². The Morgan fingerprint density at radius 2 is 2.13 bits per heavy atom. The number of H-pyrrole nitrogens is 1. The molecule has 2 aliphatic rings. The molecular weight excluding hydrogens is 411 g/mol. The molecule has 2 aromatic heterocycles. The Hall–Kier alpha value is -3.05. The van der Waals surface area contributed by atoms with Gasteiger partial charge in [0.2, 0.25) is 15.9 Å². The number of nitrogens with one attached hydrogen (secondary N) is 3. The minimum absolute atomic E-state index is 0.0200. The first-order chi connectivity index (χ1) is 14.5. The SMILES string of the molecule is O=S1(=O)NCc2c1ccc(Nc1cc([C@H]3CC[C@@H](Oc4cccnn4)C3)[nH]n1)c2F. The lowest BCUT2D eigenvalue weighted by atomic mass is 10.0. The average Bonchev–Trinajstić information content (AvgIpc) is 3.45. The van der Waals surface area contributed by atoms with Crippen LogP contribution in [0.25, 0.3) is 0 Å². The molecule has 0 spiro atoms. The largest absolute Gasteiger partial charge is 0.473 e. The fourth-order valence-electron chi connectivity index (χ4n) is 3.96. The van der Waals surface area contributed by atoms with E-state index in [9.17, 15) is 12.8 Å². The highest BCUT2D eigenvalue weighted by molar-refractivity contribution is 7.89. The lowest BCUT2D eigenvalue weighted by Crippen LogP contribution is -2.13. The molecule has 1 aliphatic heterocycles. The molecule has 0 saturated heterocycles. The standard InChI is InChI=1S/C19H19FN6O3S/c20-19-13-10-22-30(27,28)16(13)6-5-14(19)23-17-9-15(24-25-17)11-3-4-12(8-11)29-18-2-1-7-21-26-18/h1-2,5-7,9,11-12,22H,3-4,8,10H2,(H2,23,24,25)/t11-,12+/m0/s1. The predicted octanol–water partition coefficient (Wildman–Crippen LogP) is 2.59. The van der Waals surface area contributed by atoms with E-state index in [4.69, 9.17) is 4.74 Å². The molecular formula is C19H19FN6O3S. The van der Waals surface area contributed by atoms with Gasteiger partial charge in [-0.2, -0.15) is 10.2 Å². The molecule has 3 N–H and O–H groups in total. The molecule has 0 radical (unpaired) electrons. The van der Waals surface area contributed by atoms with Gasteiger partial charge < -0.3 is 10.1 Å². The van der Waals surface area contributed by atoms with Crippen LogP contribution in [0.4, 0.5) is 15.9 Å². The van der Waals surface area contributed by atoms with Gasteiger partial charge in [-0.05, 0) is 37.5 Å². The molecule has 3 heterocycles. The number of halogens is 1. The van der Waals surface area contributed by atoms with E-state index >= 15 is 0 Å². The van der Waals surface area contributed by atoms with Crippen LogP contribution in [0.3, 0.4) is 0 Å². The second kappa shape index (κ2) is 7.33. The number of ether oxygens (including phenoxy) is 1. The normalized spacial score (nSPS) is 22.0. The smallest absolute Gasteiger partial charge is 0.241 e. The molecule has 1 aliphatic carbocycles. The topological polar surface area (TPSA) is 122 Å². The van der Waals surface area contributed by atoms with Crippen LogP contribution in [-0.4, -0.2) is 34.9 Å². The lowest BCUT2D eigenvalue weighted by molar-refractivity contribution is 0.197. The molecule has 0 bridgehead atoms. The molecule has 9 nitrogen and oxygen atoms in total. The van der Waals surface area contributed by atoms with E-state index in [0.29, 0.717) is 11.7 Å². The first-order valence-electron chi connectivity index (χ1n) is 9.57. The number of aromatic nitrogens is 4. The van der Waals surface area contributed by atoms with Gasteiger partial charge in [-0.3, -0.25) is 5.10 Å². The van der Waals surface area contributed by atoms with Crippen molar-refractivity contribution in [3.8, 4) is 5.88 Å². The van der Waals surface area contributed by atoms with Crippen LogP contribution in [0.5, 0.6) is 5.88 Å². The van der Waals surface area contributed by atoms with Crippen molar-refractivity contribution in [3.05, 3.63) is 53.6 Å². The van der Waals surface area contributed by atoms with Crippen molar-refractivity contribution in [1.29, 1.82) is 0 Å². The highest BCUT2D eigenvalue weighted by Gasteiger charge is 2.31. The minimum atomic E-state index is -3.61. The Balaban J connectivity index is 1.27. The third kappa shape index (κ3) is 3.50. The van der Waals surface area contributed by atoms with E-state index in [1.54, 1.807) is 18.3 Å². The van der Waals surface area contributed by atoms with Gasteiger partial charge in [-0.25, -0.2) is 17.5 Å². The van der Waals surface area contributed by atoms with Crippen molar-refractivity contribution in [2.24, 2.45) is 0 Å². The summed E-state index contributed by atoms with van der Waals surface area (Å²) in [4.78, 5) is -0.0200. The van der Waals surface area contributed by atoms with Crippen LogP contribution < -0.4 is 14.8 Å². The summed E-state index contributed by atoms with van der Waals surface area (Å²) in [6.07, 6.45) is 4.29. The Morgan fingerprint density at radius 3 is 2.97 bits per heavy atom. The maximum Gasteiger partial charge on any atom is 0.241 e. The van der Waals surface area contributed by atoms with E-state index < -0.39 is 15.8 Å². The van der Waals surface area contributed by atoms with Gasteiger partial charge in [0.1, 0.15) is 6.10 Å². The fraction of sp³-hybridized carbons (Fsp3) is 0.316. The second-order valence-electron chi connectivity index (χ2n) is 7.37. The maximum atomic E-state index is 14.7. The average molecular weight is 430 g/mol. The second-order valence-corrected chi connectivity index (χ2v) is 9.11. The molecule has 0 amide bonds. The molecule has 11 heteroatoms. The molecule has 1 saturated carbocycles. The predicted molar refractivity (Wildman–Crippen MR) is 105 cm³/mol. The number of rotatable bonds is 5. The van der Waals surface area contributed by atoms with Gasteiger partial charge in [0.15, 0.2) is 11.6 Å². The highest BCUT2D eigenvalue weighted by Crippen LogP contribution is 2.37. The molecule has 0 unspecified atom stereocenters. The number of fused-ring (bicyclic) bond motifs is 1. The Bertz CT molecular complexity index is 1180. The number of hydrogen-bond donors (Lipinski definition) is 3. The van der Waals surface area contributed by atoms with E-state index in [1.165, 1.54) is 12.1 Å². The van der Waals surface area contributed by atoms with Crippen molar-refractivity contribution in [1.82, 2.24) is 25.1 Å². The van der Waals surface area contributed by atoms with Gasteiger partial charge in [-0.1, -0.05) is 0 Å². The van der Waals surface area contributed by atoms with E-state index in [2.05, 4.69) is 30.4 Å². The molecule has 156 valence electrons. The number of benzene rings is 1. The number of sulfonamides is 1. The monoisotopic (exact) mass is 430 g/mol. The van der Waals surface area contributed by atoms with Crippen molar-refractivity contribution in [3.63, 3.8) is 0 Å². The van der Waals surface area contributed by atoms with E-state index in [1.807, 2.05) is 6.07 Å². The molecule has 1 fully saturated rings. The zero-order chi connectivity index (χ0) is 20.7. The quantitative estimate of drug-likeness (QED) is 0.569. The molecule has 3 aromatic rings. The fourth-order valence-corrected chi connectivity index (χ4v) is 5.18. The number of nitrogens with zero attached hydrogens (tertiary/aromatic N) is 3. The Labute approximate surface area is 172 Å². The van der Waals surface area contributed by atoms with Crippen LogP contribution in [-0.2, 0) is 16.6 Å². The minimum Gasteiger partial charge on any atom is -0.473 e. The molecule has 2 atom stereocenters. The van der Waals surface area contributed by atoms with Crippen LogP contribution in [0, 0.1) is 5.82 Å². The van der Waals surface area contributed by atoms with Crippen LogP contribution >= 0.6 is 0 Å².